The number of alkyl halides is 1. The molecular weight excluding hydrogens is 392 g/mol. The molecule has 5 rings (SSSR count). The molecule has 0 fully saturated rings. The van der Waals surface area contributed by atoms with Crippen LogP contribution in [0.4, 0.5) is 14.6 Å². The Balaban J connectivity index is 1.67. The fourth-order valence-corrected chi connectivity index (χ4v) is 4.67. The van der Waals surface area contributed by atoms with Crippen molar-refractivity contribution in [2.45, 2.75) is 40.0 Å². The number of benzene rings is 2. The lowest BCUT2D eigenvalue weighted by Gasteiger charge is -2.31. The molecule has 31 heavy (non-hydrogen) atoms. The fraction of sp³-hybridized carbons (Fsp3) is 0.269. The summed E-state index contributed by atoms with van der Waals surface area (Å²) in [5.74, 6) is 0.571. The van der Waals surface area contributed by atoms with Crippen LogP contribution >= 0.6 is 0 Å². The highest BCUT2D eigenvalue weighted by Crippen LogP contribution is 2.35. The monoisotopic (exact) mass is 417 g/mol. The number of hydrogen-bond donors (Lipinski definition) is 0. The number of pyridine rings is 1. The third-order valence-electron chi connectivity index (χ3n) is 6.45. The number of aromatic nitrogens is 2. The number of anilines is 1. The zero-order valence-corrected chi connectivity index (χ0v) is 17.8. The van der Waals surface area contributed by atoms with Crippen molar-refractivity contribution < 1.29 is 8.78 Å². The second-order valence-electron chi connectivity index (χ2n) is 8.33. The van der Waals surface area contributed by atoms with Gasteiger partial charge < -0.3 is 9.47 Å². The van der Waals surface area contributed by atoms with E-state index in [0.717, 1.165) is 53.1 Å². The average molecular weight is 418 g/mol. The molecule has 1 aliphatic heterocycles. The van der Waals surface area contributed by atoms with Crippen molar-refractivity contribution >= 4 is 16.7 Å². The molecule has 0 spiro atoms. The molecular formula is C26H25F2N3. The maximum atomic E-state index is 13.8. The van der Waals surface area contributed by atoms with Crippen molar-refractivity contribution in [2.75, 3.05) is 11.4 Å². The van der Waals surface area contributed by atoms with Crippen molar-refractivity contribution in [3.8, 4) is 0 Å². The number of fused-ring (bicyclic) bond motifs is 2. The normalized spacial score (nSPS) is 13.6. The molecule has 3 nitrogen and oxygen atoms in total. The lowest BCUT2D eigenvalue weighted by Crippen LogP contribution is -2.31. The van der Waals surface area contributed by atoms with Gasteiger partial charge in [-0.15, -0.1) is 0 Å². The minimum absolute atomic E-state index is 0.242. The van der Waals surface area contributed by atoms with E-state index in [2.05, 4.69) is 47.6 Å². The van der Waals surface area contributed by atoms with Crippen LogP contribution in [0.15, 0.2) is 54.6 Å². The van der Waals surface area contributed by atoms with E-state index < -0.39 is 6.67 Å². The van der Waals surface area contributed by atoms with Crippen LogP contribution in [0.1, 0.15) is 33.6 Å². The SMILES string of the molecule is Cc1c(C)n(Cc2cccc(F)c2)c2c(N3CCc4ccccc4C3)nc(CF)cc12. The molecule has 2 aromatic heterocycles. The molecule has 0 radical (unpaired) electrons. The molecule has 0 saturated heterocycles. The standard InChI is InChI=1S/C26H25F2N3/c1-17-18(2)31(15-19-6-5-9-22(28)12-19)25-24(17)13-23(14-27)29-26(25)30-11-10-20-7-3-4-8-21(20)16-30/h3-9,12-13H,10-11,14-16H2,1-2H3. The van der Waals surface area contributed by atoms with Crippen LogP contribution in [0.3, 0.4) is 0 Å². The summed E-state index contributed by atoms with van der Waals surface area (Å²) >= 11 is 0. The van der Waals surface area contributed by atoms with Gasteiger partial charge in [0.1, 0.15) is 12.5 Å². The summed E-state index contributed by atoms with van der Waals surface area (Å²) in [6, 6.07) is 17.0. The van der Waals surface area contributed by atoms with Crippen molar-refractivity contribution in [3.63, 3.8) is 0 Å². The van der Waals surface area contributed by atoms with Crippen LogP contribution in [0, 0.1) is 19.7 Å². The zero-order chi connectivity index (χ0) is 21.5. The first-order valence-corrected chi connectivity index (χ1v) is 10.7. The summed E-state index contributed by atoms with van der Waals surface area (Å²) in [6.45, 7) is 5.66. The first-order valence-electron chi connectivity index (χ1n) is 10.7. The van der Waals surface area contributed by atoms with Gasteiger partial charge in [-0.2, -0.15) is 0 Å². The second kappa shape index (κ2) is 7.80. The summed E-state index contributed by atoms with van der Waals surface area (Å²) in [4.78, 5) is 7.00. The first-order chi connectivity index (χ1) is 15.0. The summed E-state index contributed by atoms with van der Waals surface area (Å²) in [6.07, 6.45) is 0.932. The summed E-state index contributed by atoms with van der Waals surface area (Å²) in [5, 5.41) is 1.02. The Morgan fingerprint density at radius 1 is 1.00 bits per heavy atom. The smallest absolute Gasteiger partial charge is 0.153 e. The molecule has 2 aromatic carbocycles. The quantitative estimate of drug-likeness (QED) is 0.414. The Kier molecular flexibility index (Phi) is 4.97. The Morgan fingerprint density at radius 3 is 2.58 bits per heavy atom. The van der Waals surface area contributed by atoms with Crippen LogP contribution < -0.4 is 4.90 Å². The van der Waals surface area contributed by atoms with Crippen molar-refractivity contribution in [3.05, 3.63) is 94.1 Å². The van der Waals surface area contributed by atoms with Gasteiger partial charge in [-0.25, -0.2) is 13.8 Å². The van der Waals surface area contributed by atoms with E-state index >= 15 is 0 Å². The molecule has 3 heterocycles. The minimum atomic E-state index is -0.596. The molecule has 0 saturated carbocycles. The van der Waals surface area contributed by atoms with E-state index in [1.165, 1.54) is 17.2 Å². The minimum Gasteiger partial charge on any atom is -0.350 e. The molecule has 158 valence electrons. The van der Waals surface area contributed by atoms with Crippen molar-refractivity contribution in [2.24, 2.45) is 0 Å². The maximum Gasteiger partial charge on any atom is 0.153 e. The highest BCUT2D eigenvalue weighted by atomic mass is 19.1. The fourth-order valence-electron chi connectivity index (χ4n) is 4.67. The van der Waals surface area contributed by atoms with E-state index in [4.69, 9.17) is 4.98 Å². The van der Waals surface area contributed by atoms with Gasteiger partial charge in [0.25, 0.3) is 0 Å². The van der Waals surface area contributed by atoms with Gasteiger partial charge in [-0.1, -0.05) is 36.4 Å². The van der Waals surface area contributed by atoms with Gasteiger partial charge in [0, 0.05) is 30.7 Å². The van der Waals surface area contributed by atoms with Gasteiger partial charge in [-0.05, 0) is 60.7 Å². The van der Waals surface area contributed by atoms with Crippen LogP contribution in [-0.2, 0) is 26.2 Å². The number of rotatable bonds is 4. The predicted molar refractivity (Wildman–Crippen MR) is 121 cm³/mol. The van der Waals surface area contributed by atoms with Gasteiger partial charge >= 0.3 is 0 Å². The summed E-state index contributed by atoms with van der Waals surface area (Å²) in [5.41, 5.74) is 7.19. The first kappa shape index (κ1) is 19.7. The lowest BCUT2D eigenvalue weighted by molar-refractivity contribution is 0.476. The molecule has 1 aliphatic rings. The molecule has 0 bridgehead atoms. The van der Waals surface area contributed by atoms with E-state index in [9.17, 15) is 8.78 Å². The van der Waals surface area contributed by atoms with Crippen LogP contribution in [0.2, 0.25) is 0 Å². The zero-order valence-electron chi connectivity index (χ0n) is 17.8. The Morgan fingerprint density at radius 2 is 1.81 bits per heavy atom. The van der Waals surface area contributed by atoms with Crippen molar-refractivity contribution in [1.82, 2.24) is 9.55 Å². The summed E-state index contributed by atoms with van der Waals surface area (Å²) < 4.78 is 29.8. The topological polar surface area (TPSA) is 21.1 Å². The lowest BCUT2D eigenvalue weighted by atomic mass is 10.00. The second-order valence-corrected chi connectivity index (χ2v) is 8.33. The molecule has 0 N–H and O–H groups in total. The van der Waals surface area contributed by atoms with E-state index in [-0.39, 0.29) is 5.82 Å². The molecule has 0 aliphatic carbocycles. The van der Waals surface area contributed by atoms with Crippen LogP contribution in [-0.4, -0.2) is 16.1 Å². The highest BCUT2D eigenvalue weighted by Gasteiger charge is 2.24. The van der Waals surface area contributed by atoms with Gasteiger partial charge in [0.15, 0.2) is 5.82 Å². The van der Waals surface area contributed by atoms with Crippen LogP contribution in [0.25, 0.3) is 10.9 Å². The molecule has 0 unspecified atom stereocenters. The van der Waals surface area contributed by atoms with Crippen molar-refractivity contribution in [1.29, 1.82) is 0 Å². The van der Waals surface area contributed by atoms with Gasteiger partial charge in [-0.3, -0.25) is 0 Å². The van der Waals surface area contributed by atoms with E-state index in [0.29, 0.717) is 12.2 Å². The Bertz CT molecular complexity index is 1280. The predicted octanol–water partition coefficient (Wildman–Crippen LogP) is 5.87. The number of nitrogens with zero attached hydrogens (tertiary/aromatic N) is 3. The molecule has 0 atom stereocenters. The molecule has 0 amide bonds. The van der Waals surface area contributed by atoms with E-state index in [1.54, 1.807) is 12.1 Å². The van der Waals surface area contributed by atoms with Crippen LogP contribution in [0.5, 0.6) is 0 Å². The summed E-state index contributed by atoms with van der Waals surface area (Å²) in [7, 11) is 0. The maximum absolute atomic E-state index is 13.8. The third-order valence-corrected chi connectivity index (χ3v) is 6.45. The third kappa shape index (κ3) is 3.48. The molecule has 5 heteroatoms. The average Bonchev–Trinajstić information content (AvgIpc) is 3.03. The van der Waals surface area contributed by atoms with Gasteiger partial charge in [0.2, 0.25) is 0 Å². The highest BCUT2D eigenvalue weighted by molar-refractivity contribution is 5.94. The largest absolute Gasteiger partial charge is 0.350 e. The number of halogens is 2. The Hall–Kier alpha value is -3.21. The molecule has 4 aromatic rings. The van der Waals surface area contributed by atoms with E-state index in [1.807, 2.05) is 12.1 Å². The number of aryl methyl sites for hydroxylation is 1. The number of hydrogen-bond acceptors (Lipinski definition) is 2. The van der Waals surface area contributed by atoms with Gasteiger partial charge in [0.05, 0.1) is 11.2 Å². The Labute approximate surface area is 181 Å².